The van der Waals surface area contributed by atoms with Crippen LogP contribution in [0.2, 0.25) is 0 Å². The average molecular weight is 528 g/mol. The fraction of sp³-hybridized carbons (Fsp3) is 0.269. The van der Waals surface area contributed by atoms with Gasteiger partial charge in [-0.3, -0.25) is 4.79 Å². The lowest BCUT2D eigenvalue weighted by Gasteiger charge is -2.22. The van der Waals surface area contributed by atoms with Crippen LogP contribution in [0.4, 0.5) is 22.0 Å². The number of rotatable bonds is 10. The summed E-state index contributed by atoms with van der Waals surface area (Å²) in [5, 5.41) is 23.8. The van der Waals surface area contributed by atoms with E-state index in [9.17, 15) is 14.1 Å². The number of carbonyl (C=O) groups is 2. The van der Waals surface area contributed by atoms with Gasteiger partial charge in [0.25, 0.3) is 5.91 Å². The van der Waals surface area contributed by atoms with E-state index in [0.29, 0.717) is 35.3 Å². The maximum Gasteiger partial charge on any atom is 0.323 e. The summed E-state index contributed by atoms with van der Waals surface area (Å²) in [7, 11) is -3.02. The van der Waals surface area contributed by atoms with Crippen LogP contribution in [-0.4, -0.2) is 56.4 Å². The molecule has 3 amide bonds. The van der Waals surface area contributed by atoms with Crippen LogP contribution in [0.1, 0.15) is 28.8 Å². The molecule has 0 radical (unpaired) electrons. The van der Waals surface area contributed by atoms with Crippen molar-refractivity contribution in [2.45, 2.75) is 19.8 Å². The Balaban J connectivity index is 1.76. The number of nitrogen functional groups attached to an aromatic ring is 1. The third kappa shape index (κ3) is 8.19. The molecule has 0 aliphatic carbocycles. The third-order valence-electron chi connectivity index (χ3n) is 5.52. The fourth-order valence-electron chi connectivity index (χ4n) is 3.66. The minimum atomic E-state index is -3.02. The molecule has 11 heteroatoms. The van der Waals surface area contributed by atoms with E-state index in [4.69, 9.17) is 15.9 Å². The number of nitrogens with zero attached hydrogens (tertiary/aromatic N) is 2. The van der Waals surface area contributed by atoms with Gasteiger partial charge in [-0.1, -0.05) is 24.3 Å². The Labute approximate surface area is 216 Å². The quantitative estimate of drug-likeness (QED) is 0.197. The molecule has 0 saturated carbocycles. The highest BCUT2D eigenvalue weighted by Crippen LogP contribution is 2.27. The maximum atomic E-state index is 12.9. The third-order valence-corrected chi connectivity index (χ3v) is 8.14. The van der Waals surface area contributed by atoms with Crippen molar-refractivity contribution in [1.82, 2.24) is 4.98 Å². The van der Waals surface area contributed by atoms with Crippen molar-refractivity contribution in [1.29, 1.82) is 0 Å². The van der Waals surface area contributed by atoms with Gasteiger partial charge in [0.05, 0.1) is 5.56 Å². The number of anilines is 3. The Morgan fingerprint density at radius 1 is 0.973 bits per heavy atom. The number of hydrogen-bond donors (Lipinski definition) is 7. The molecular formula is C26H33N5O5S. The minimum absolute atomic E-state index is 0.128. The van der Waals surface area contributed by atoms with Crippen LogP contribution < -0.4 is 16.4 Å². The summed E-state index contributed by atoms with van der Waals surface area (Å²) in [5.74, 6) is -0.0426. The molecule has 0 aliphatic heterocycles. The second-order valence-corrected chi connectivity index (χ2v) is 11.4. The second kappa shape index (κ2) is 13.1. The van der Waals surface area contributed by atoms with E-state index in [1.54, 1.807) is 36.4 Å². The van der Waals surface area contributed by atoms with Crippen LogP contribution >= 0.6 is 0 Å². The lowest BCUT2D eigenvalue weighted by Crippen LogP contribution is -2.23. The molecule has 3 aromatic rings. The smallest absolute Gasteiger partial charge is 0.323 e. The maximum absolute atomic E-state index is 12.9. The Kier molecular flexibility index (Phi) is 9.86. The normalized spacial score (nSPS) is 11.6. The monoisotopic (exact) mass is 527 g/mol. The number of benzene rings is 2. The summed E-state index contributed by atoms with van der Waals surface area (Å²) >= 11 is 0. The number of amides is 3. The minimum Gasteiger partial charge on any atom is -0.396 e. The van der Waals surface area contributed by atoms with Crippen LogP contribution in [0.15, 0.2) is 65.2 Å². The molecule has 10 nitrogen and oxygen atoms in total. The van der Waals surface area contributed by atoms with Crippen LogP contribution in [0.5, 0.6) is 0 Å². The average Bonchev–Trinajstić information content (AvgIpc) is 2.87. The molecule has 0 bridgehead atoms. The van der Waals surface area contributed by atoms with Crippen LogP contribution in [0.3, 0.4) is 0 Å². The number of thiol groups is 1. The highest BCUT2D eigenvalue weighted by atomic mass is 32.3. The molecule has 0 atom stereocenters. The van der Waals surface area contributed by atoms with Crippen molar-refractivity contribution in [3.8, 4) is 11.1 Å². The first kappa shape index (κ1) is 27.9. The van der Waals surface area contributed by atoms with Crippen molar-refractivity contribution in [2.75, 3.05) is 41.1 Å². The summed E-state index contributed by atoms with van der Waals surface area (Å²) in [5.41, 5.74) is 9.68. The molecule has 0 aliphatic rings. The molecule has 2 aromatic carbocycles. The van der Waals surface area contributed by atoms with Crippen molar-refractivity contribution in [3.63, 3.8) is 0 Å². The number of aliphatic hydroxyl groups is 2. The topological polar surface area (TPSA) is 170 Å². The Bertz CT molecular complexity index is 1280. The van der Waals surface area contributed by atoms with Gasteiger partial charge in [-0.2, -0.15) is 4.36 Å². The first-order chi connectivity index (χ1) is 17.7. The van der Waals surface area contributed by atoms with E-state index in [1.807, 2.05) is 25.1 Å². The van der Waals surface area contributed by atoms with Crippen LogP contribution in [-0.2, 0) is 10.1 Å². The highest BCUT2D eigenvalue weighted by molar-refractivity contribution is 8.00. The van der Waals surface area contributed by atoms with E-state index in [2.05, 4.69) is 20.0 Å². The number of carbonyl (C=O) groups excluding carboxylic acids is 2. The SMILES string of the molecule is Cc1cccc(NC(=O)Nc2ccc(-c3cc(C(=O)N=[SH](O)(CCCO)CCCO)cnc3N)cc2)c1. The van der Waals surface area contributed by atoms with Gasteiger partial charge >= 0.3 is 6.03 Å². The van der Waals surface area contributed by atoms with Gasteiger partial charge in [0.2, 0.25) is 0 Å². The molecule has 0 unspecified atom stereocenters. The van der Waals surface area contributed by atoms with E-state index in [-0.39, 0.29) is 42.1 Å². The van der Waals surface area contributed by atoms with E-state index in [0.717, 1.165) is 5.56 Å². The van der Waals surface area contributed by atoms with Crippen molar-refractivity contribution >= 4 is 39.2 Å². The van der Waals surface area contributed by atoms with Gasteiger partial charge in [0.1, 0.15) is 5.82 Å². The van der Waals surface area contributed by atoms with E-state index >= 15 is 0 Å². The summed E-state index contributed by atoms with van der Waals surface area (Å²) in [6, 6.07) is 15.5. The molecule has 7 N–H and O–H groups in total. The predicted molar refractivity (Wildman–Crippen MR) is 149 cm³/mol. The van der Waals surface area contributed by atoms with Crippen LogP contribution in [0, 0.1) is 6.92 Å². The molecule has 0 saturated heterocycles. The second-order valence-electron chi connectivity index (χ2n) is 8.57. The molecule has 1 aromatic heterocycles. The number of aliphatic hydroxyl groups excluding tert-OH is 2. The van der Waals surface area contributed by atoms with Gasteiger partial charge in [-0.15, -0.1) is 10.1 Å². The molecule has 0 fully saturated rings. The Hall–Kier alpha value is -3.64. The van der Waals surface area contributed by atoms with Crippen molar-refractivity contribution in [3.05, 3.63) is 71.9 Å². The summed E-state index contributed by atoms with van der Waals surface area (Å²) < 4.78 is 14.9. The number of nitrogens with two attached hydrogens (primary N) is 1. The van der Waals surface area contributed by atoms with Gasteiger partial charge < -0.3 is 31.1 Å². The van der Waals surface area contributed by atoms with Gasteiger partial charge in [0.15, 0.2) is 0 Å². The zero-order valence-corrected chi connectivity index (χ0v) is 21.5. The zero-order valence-electron chi connectivity index (χ0n) is 20.6. The number of hydrogen-bond acceptors (Lipinski definition) is 6. The Morgan fingerprint density at radius 2 is 1.62 bits per heavy atom. The first-order valence-corrected chi connectivity index (χ1v) is 13.9. The highest BCUT2D eigenvalue weighted by Gasteiger charge is 2.16. The lowest BCUT2D eigenvalue weighted by molar-refractivity contribution is 0.100. The number of aryl methyl sites for hydroxylation is 1. The number of urea groups is 1. The number of aromatic nitrogens is 1. The molecule has 1 heterocycles. The van der Waals surface area contributed by atoms with Gasteiger partial charge in [-0.05, 0) is 61.2 Å². The fourth-order valence-corrected chi connectivity index (χ4v) is 5.83. The van der Waals surface area contributed by atoms with Gasteiger partial charge in [0, 0.05) is 47.9 Å². The molecule has 198 valence electrons. The number of nitrogens with one attached hydrogen (secondary N) is 2. The summed E-state index contributed by atoms with van der Waals surface area (Å²) in [6.07, 6.45) is 1.92. The molecular weight excluding hydrogens is 494 g/mol. The zero-order chi connectivity index (χ0) is 26.8. The molecule has 37 heavy (non-hydrogen) atoms. The predicted octanol–water partition coefficient (Wildman–Crippen LogP) is 3.73. The van der Waals surface area contributed by atoms with Crippen molar-refractivity contribution < 1.29 is 24.4 Å². The number of pyridine rings is 1. The standard InChI is InChI=1S/C26H33N5O5S/c1-18-5-2-6-22(15-18)30-26(35)29-21-9-7-19(8-10-21)23-16-20(17-28-24(23)27)25(34)31-37(36,13-3-11-32)14-4-12-33/h2,5-10,15-17,32-33,37H,3-4,11-14H2,1H3,(H2,27,28)(H2,29,30,35)(H,31,34,36). The van der Waals surface area contributed by atoms with Crippen LogP contribution in [0.25, 0.3) is 11.1 Å². The first-order valence-electron chi connectivity index (χ1n) is 11.8. The molecule has 3 rings (SSSR count). The lowest BCUT2D eigenvalue weighted by atomic mass is 10.0. The summed E-state index contributed by atoms with van der Waals surface area (Å²) in [6.45, 7) is 1.68. The van der Waals surface area contributed by atoms with E-state index in [1.165, 1.54) is 6.20 Å². The van der Waals surface area contributed by atoms with Gasteiger partial charge in [-0.25, -0.2) is 9.78 Å². The van der Waals surface area contributed by atoms with E-state index < -0.39 is 16.0 Å². The molecule has 0 spiro atoms. The van der Waals surface area contributed by atoms with Crippen molar-refractivity contribution in [2.24, 2.45) is 4.36 Å². The summed E-state index contributed by atoms with van der Waals surface area (Å²) in [4.78, 5) is 29.3. The Morgan fingerprint density at radius 3 is 2.24 bits per heavy atom. The largest absolute Gasteiger partial charge is 0.396 e.